The second-order valence-corrected chi connectivity index (χ2v) is 6.83. The highest BCUT2D eigenvalue weighted by Crippen LogP contribution is 2.42. The molecule has 0 unspecified atom stereocenters. The van der Waals surface area contributed by atoms with Gasteiger partial charge < -0.3 is 15.2 Å². The van der Waals surface area contributed by atoms with Gasteiger partial charge in [-0.05, 0) is 59.3 Å². The van der Waals surface area contributed by atoms with Gasteiger partial charge in [0.15, 0.2) is 11.5 Å². The second kappa shape index (κ2) is 7.20. The van der Waals surface area contributed by atoms with Crippen molar-refractivity contribution in [2.45, 2.75) is 13.0 Å². The SMILES string of the molecule is CCOc1cc([C@@H]2c3c(-c4ccc(F)cc4)n[nH]c(=O)c3Nc3nnnn32)ccc1O. The molecular weight excluding hydrogens is 405 g/mol. The molecule has 0 saturated heterocycles. The summed E-state index contributed by atoms with van der Waals surface area (Å²) in [5.41, 5.74) is 1.97. The van der Waals surface area contributed by atoms with Gasteiger partial charge >= 0.3 is 0 Å². The van der Waals surface area contributed by atoms with Gasteiger partial charge in [0.1, 0.15) is 17.5 Å². The van der Waals surface area contributed by atoms with Crippen LogP contribution >= 0.6 is 0 Å². The van der Waals surface area contributed by atoms with E-state index < -0.39 is 11.6 Å². The van der Waals surface area contributed by atoms with Crippen molar-refractivity contribution in [3.63, 3.8) is 0 Å². The Hall–Kier alpha value is -4.28. The molecule has 11 heteroatoms. The Balaban J connectivity index is 1.78. The van der Waals surface area contributed by atoms with E-state index in [-0.39, 0.29) is 29.0 Å². The first-order valence-corrected chi connectivity index (χ1v) is 9.46. The number of hydrogen-bond acceptors (Lipinski definition) is 8. The summed E-state index contributed by atoms with van der Waals surface area (Å²) in [6.45, 7) is 2.17. The van der Waals surface area contributed by atoms with Crippen molar-refractivity contribution < 1.29 is 14.2 Å². The summed E-state index contributed by atoms with van der Waals surface area (Å²) in [5, 5.41) is 31.5. The van der Waals surface area contributed by atoms with Gasteiger partial charge in [0, 0.05) is 11.1 Å². The summed E-state index contributed by atoms with van der Waals surface area (Å²) in [5.74, 6) is 0.153. The molecule has 0 amide bonds. The maximum atomic E-state index is 13.5. The van der Waals surface area contributed by atoms with Crippen LogP contribution in [-0.2, 0) is 0 Å². The molecule has 0 fully saturated rings. The topological polar surface area (TPSA) is 131 Å². The highest BCUT2D eigenvalue weighted by Gasteiger charge is 2.34. The largest absolute Gasteiger partial charge is 0.504 e. The molecule has 10 nitrogen and oxygen atoms in total. The molecule has 2 aromatic heterocycles. The number of nitrogens with zero attached hydrogens (tertiary/aromatic N) is 5. The zero-order chi connectivity index (χ0) is 21.5. The number of aromatic hydroxyl groups is 1. The lowest BCUT2D eigenvalue weighted by Gasteiger charge is -2.28. The van der Waals surface area contributed by atoms with E-state index in [2.05, 4.69) is 31.0 Å². The molecule has 1 atom stereocenters. The number of tetrazole rings is 1. The predicted molar refractivity (Wildman–Crippen MR) is 108 cm³/mol. The van der Waals surface area contributed by atoms with Crippen molar-refractivity contribution in [1.29, 1.82) is 0 Å². The predicted octanol–water partition coefficient (Wildman–Crippen LogP) is 2.36. The summed E-state index contributed by atoms with van der Waals surface area (Å²) >= 11 is 0. The lowest BCUT2D eigenvalue weighted by molar-refractivity contribution is 0.317. The molecule has 1 aliphatic rings. The third kappa shape index (κ3) is 3.06. The van der Waals surface area contributed by atoms with Crippen LogP contribution in [0.4, 0.5) is 16.0 Å². The van der Waals surface area contributed by atoms with Crippen molar-refractivity contribution in [3.05, 3.63) is 69.8 Å². The maximum absolute atomic E-state index is 13.5. The number of hydrogen-bond donors (Lipinski definition) is 3. The zero-order valence-corrected chi connectivity index (χ0v) is 16.2. The van der Waals surface area contributed by atoms with Crippen LogP contribution < -0.4 is 15.6 Å². The molecule has 5 rings (SSSR count). The van der Waals surface area contributed by atoms with E-state index in [0.717, 1.165) is 0 Å². The van der Waals surface area contributed by atoms with Crippen LogP contribution in [-0.4, -0.2) is 42.1 Å². The first kappa shape index (κ1) is 18.7. The van der Waals surface area contributed by atoms with Crippen molar-refractivity contribution in [1.82, 2.24) is 30.4 Å². The number of aromatic amines is 1. The molecule has 4 aromatic rings. The summed E-state index contributed by atoms with van der Waals surface area (Å²) in [6, 6.07) is 9.99. The average Bonchev–Trinajstić information content (AvgIpc) is 3.24. The standard InChI is InChI=1S/C20H16FN7O3/c1-2-31-14-9-11(5-8-13(14)29)18-15-16(10-3-6-12(21)7-4-10)23-24-19(30)17(15)22-20-25-26-27-28(18)20/h3-9,18,29H,2H2,1H3,(H,24,30)(H,22,25,27)/t18-/m1/s1. The number of H-pyrrole nitrogens is 1. The van der Waals surface area contributed by atoms with E-state index in [9.17, 15) is 14.3 Å². The monoisotopic (exact) mass is 421 g/mol. The fourth-order valence-electron chi connectivity index (χ4n) is 3.65. The molecule has 0 aliphatic carbocycles. The highest BCUT2D eigenvalue weighted by molar-refractivity contribution is 5.75. The van der Waals surface area contributed by atoms with Crippen LogP contribution in [0.15, 0.2) is 47.3 Å². The Bertz CT molecular complexity index is 1330. The van der Waals surface area contributed by atoms with Gasteiger partial charge in [-0.25, -0.2) is 9.49 Å². The normalized spacial score (nSPS) is 14.5. The number of rotatable bonds is 4. The number of halogens is 1. The van der Waals surface area contributed by atoms with E-state index in [1.807, 2.05) is 6.92 Å². The third-order valence-electron chi connectivity index (χ3n) is 4.99. The number of anilines is 2. The number of benzene rings is 2. The summed E-state index contributed by atoms with van der Waals surface area (Å²) < 4.78 is 20.5. The molecule has 1 aliphatic heterocycles. The summed E-state index contributed by atoms with van der Waals surface area (Å²) in [6.07, 6.45) is 0. The van der Waals surface area contributed by atoms with Crippen LogP contribution in [0, 0.1) is 5.82 Å². The molecule has 2 aromatic carbocycles. The van der Waals surface area contributed by atoms with Crippen molar-refractivity contribution in [2.75, 3.05) is 11.9 Å². The number of ether oxygens (including phenoxy) is 1. The molecule has 0 spiro atoms. The Morgan fingerprint density at radius 3 is 2.81 bits per heavy atom. The molecular formula is C20H16FN7O3. The van der Waals surface area contributed by atoms with E-state index in [1.165, 1.54) is 22.9 Å². The van der Waals surface area contributed by atoms with E-state index in [4.69, 9.17) is 4.74 Å². The van der Waals surface area contributed by atoms with Crippen LogP contribution in [0.25, 0.3) is 11.3 Å². The van der Waals surface area contributed by atoms with E-state index in [1.54, 1.807) is 24.3 Å². The minimum absolute atomic E-state index is 0.0144. The maximum Gasteiger partial charge on any atom is 0.288 e. The quantitative estimate of drug-likeness (QED) is 0.403. The lowest BCUT2D eigenvalue weighted by Crippen LogP contribution is -2.29. The Kier molecular flexibility index (Phi) is 4.35. The number of aromatic nitrogens is 6. The molecule has 31 heavy (non-hydrogen) atoms. The number of fused-ring (bicyclic) bond motifs is 2. The number of phenols is 1. The van der Waals surface area contributed by atoms with Crippen LogP contribution in [0.1, 0.15) is 24.1 Å². The zero-order valence-electron chi connectivity index (χ0n) is 16.2. The van der Waals surface area contributed by atoms with Crippen molar-refractivity contribution in [3.8, 4) is 22.8 Å². The Morgan fingerprint density at radius 2 is 2.03 bits per heavy atom. The van der Waals surface area contributed by atoms with E-state index in [0.29, 0.717) is 29.0 Å². The molecule has 3 heterocycles. The smallest absolute Gasteiger partial charge is 0.288 e. The first-order chi connectivity index (χ1) is 15.1. The molecule has 0 bridgehead atoms. The minimum atomic E-state index is -0.657. The van der Waals surface area contributed by atoms with Crippen LogP contribution in [0.2, 0.25) is 0 Å². The molecule has 3 N–H and O–H groups in total. The Morgan fingerprint density at radius 1 is 1.23 bits per heavy atom. The lowest BCUT2D eigenvalue weighted by atomic mass is 9.92. The molecule has 0 radical (unpaired) electrons. The molecule has 0 saturated carbocycles. The fraction of sp³-hybridized carbons (Fsp3) is 0.150. The van der Waals surface area contributed by atoms with E-state index >= 15 is 0 Å². The fourth-order valence-corrected chi connectivity index (χ4v) is 3.65. The summed E-state index contributed by atoms with van der Waals surface area (Å²) in [7, 11) is 0. The second-order valence-electron chi connectivity index (χ2n) is 6.83. The Labute approximate surface area is 174 Å². The number of phenolic OH excluding ortho intramolecular Hbond substituents is 1. The number of nitrogens with one attached hydrogen (secondary N) is 2. The van der Waals surface area contributed by atoms with Crippen molar-refractivity contribution >= 4 is 11.6 Å². The minimum Gasteiger partial charge on any atom is -0.504 e. The van der Waals surface area contributed by atoms with Crippen LogP contribution in [0.5, 0.6) is 11.5 Å². The average molecular weight is 421 g/mol. The third-order valence-corrected chi connectivity index (χ3v) is 4.99. The van der Waals surface area contributed by atoms with Gasteiger partial charge in [0.2, 0.25) is 5.95 Å². The van der Waals surface area contributed by atoms with Gasteiger partial charge in [-0.3, -0.25) is 4.79 Å². The van der Waals surface area contributed by atoms with Gasteiger partial charge in [-0.15, -0.1) is 0 Å². The van der Waals surface area contributed by atoms with Gasteiger partial charge in [0.25, 0.3) is 5.56 Å². The van der Waals surface area contributed by atoms with Gasteiger partial charge in [-0.1, -0.05) is 11.2 Å². The first-order valence-electron chi connectivity index (χ1n) is 9.46. The van der Waals surface area contributed by atoms with Gasteiger partial charge in [-0.2, -0.15) is 9.78 Å². The van der Waals surface area contributed by atoms with Gasteiger partial charge in [0.05, 0.1) is 12.3 Å². The summed E-state index contributed by atoms with van der Waals surface area (Å²) in [4.78, 5) is 12.7. The molecule has 156 valence electrons. The van der Waals surface area contributed by atoms with Crippen LogP contribution in [0.3, 0.4) is 0 Å². The highest BCUT2D eigenvalue weighted by atomic mass is 19.1. The van der Waals surface area contributed by atoms with Crippen molar-refractivity contribution in [2.24, 2.45) is 0 Å².